The van der Waals surface area contributed by atoms with Crippen molar-refractivity contribution in [1.82, 2.24) is 4.90 Å². The van der Waals surface area contributed by atoms with E-state index in [1.54, 1.807) is 29.2 Å². The molecule has 5 nitrogen and oxygen atoms in total. The quantitative estimate of drug-likeness (QED) is 0.691. The second-order valence-electron chi connectivity index (χ2n) is 9.15. The summed E-state index contributed by atoms with van der Waals surface area (Å²) >= 11 is 0. The van der Waals surface area contributed by atoms with Crippen LogP contribution in [0.4, 0.5) is 13.6 Å². The fourth-order valence-corrected chi connectivity index (χ4v) is 4.15. The van der Waals surface area contributed by atoms with E-state index in [-0.39, 0.29) is 36.2 Å². The highest BCUT2D eigenvalue weighted by Gasteiger charge is 2.57. The van der Waals surface area contributed by atoms with Crippen LogP contribution in [0.15, 0.2) is 36.4 Å². The van der Waals surface area contributed by atoms with Gasteiger partial charge in [-0.05, 0) is 68.0 Å². The minimum atomic E-state index is -0.763. The largest absolute Gasteiger partial charge is 0.487 e. The number of carbonyl (C=O) groups is 1. The third-order valence-electron chi connectivity index (χ3n) is 5.79. The van der Waals surface area contributed by atoms with E-state index < -0.39 is 17.2 Å². The average molecular weight is 426 g/mol. The number of rotatable bonds is 4. The number of nitriles is 1. The molecule has 0 N–H and O–H groups in total. The van der Waals surface area contributed by atoms with Gasteiger partial charge in [0.1, 0.15) is 5.60 Å². The summed E-state index contributed by atoms with van der Waals surface area (Å²) in [5.41, 5.74) is 0.932. The standard InChI is InChI=1S/C24H24F2N2O3/c1-24(2,3)31-23(29)28-11-17-18(12-28)19(17)13-30-22-20(25)8-16(9-21(22)26)15-6-4-14(10-27)5-7-15/h4-9,17-19H,11-13H2,1-3H3/t17-,18+,19?. The Hall–Kier alpha value is -3.14. The summed E-state index contributed by atoms with van der Waals surface area (Å²) < 4.78 is 40.0. The number of piperidine rings is 1. The first kappa shape index (κ1) is 21.1. The first-order chi connectivity index (χ1) is 14.7. The van der Waals surface area contributed by atoms with Gasteiger partial charge in [0.25, 0.3) is 0 Å². The number of ether oxygens (including phenoxy) is 2. The van der Waals surface area contributed by atoms with E-state index in [2.05, 4.69) is 0 Å². The zero-order valence-corrected chi connectivity index (χ0v) is 17.7. The van der Waals surface area contributed by atoms with Gasteiger partial charge in [-0.2, -0.15) is 5.26 Å². The maximum atomic E-state index is 14.5. The van der Waals surface area contributed by atoms with Crippen molar-refractivity contribution >= 4 is 6.09 Å². The summed E-state index contributed by atoms with van der Waals surface area (Å²) in [4.78, 5) is 13.8. The lowest BCUT2D eigenvalue weighted by Crippen LogP contribution is -2.37. The molecule has 0 spiro atoms. The lowest BCUT2D eigenvalue weighted by Gasteiger charge is -2.25. The van der Waals surface area contributed by atoms with Crippen LogP contribution in [-0.2, 0) is 4.74 Å². The zero-order valence-electron chi connectivity index (χ0n) is 17.7. The molecule has 2 aromatic carbocycles. The summed E-state index contributed by atoms with van der Waals surface area (Å²) in [7, 11) is 0. The molecule has 0 aromatic heterocycles. The number of likely N-dealkylation sites (tertiary alicyclic amines) is 1. The number of benzene rings is 2. The lowest BCUT2D eigenvalue weighted by molar-refractivity contribution is 0.0260. The third-order valence-corrected chi connectivity index (χ3v) is 5.79. The molecule has 1 amide bonds. The van der Waals surface area contributed by atoms with Crippen molar-refractivity contribution < 1.29 is 23.0 Å². The Morgan fingerprint density at radius 1 is 1.10 bits per heavy atom. The Kier molecular flexibility index (Phi) is 5.34. The van der Waals surface area contributed by atoms with E-state index in [4.69, 9.17) is 14.7 Å². The molecule has 1 heterocycles. The van der Waals surface area contributed by atoms with Crippen LogP contribution < -0.4 is 4.74 Å². The van der Waals surface area contributed by atoms with Crippen molar-refractivity contribution in [1.29, 1.82) is 5.26 Å². The molecule has 2 fully saturated rings. The van der Waals surface area contributed by atoms with Gasteiger partial charge in [-0.1, -0.05) is 12.1 Å². The summed E-state index contributed by atoms with van der Waals surface area (Å²) in [5, 5.41) is 8.87. The second-order valence-corrected chi connectivity index (χ2v) is 9.15. The van der Waals surface area contributed by atoms with Gasteiger partial charge >= 0.3 is 6.09 Å². The normalized spacial score (nSPS) is 21.9. The SMILES string of the molecule is CC(C)(C)OC(=O)N1C[C@@H]2C(COc3c(F)cc(-c4ccc(C#N)cc4)cc3F)[C@@H]2C1. The average Bonchev–Trinajstić information content (AvgIpc) is 3.15. The molecule has 1 aliphatic carbocycles. The maximum absolute atomic E-state index is 14.5. The predicted octanol–water partition coefficient (Wildman–Crippen LogP) is 5.00. The van der Waals surface area contributed by atoms with Crippen LogP contribution in [0.2, 0.25) is 0 Å². The van der Waals surface area contributed by atoms with Gasteiger partial charge in [0.15, 0.2) is 17.4 Å². The Morgan fingerprint density at radius 3 is 2.19 bits per heavy atom. The van der Waals surface area contributed by atoms with Gasteiger partial charge in [-0.25, -0.2) is 13.6 Å². The molecule has 2 aromatic rings. The summed E-state index contributed by atoms with van der Waals surface area (Å²) in [6.07, 6.45) is -0.324. The van der Waals surface area contributed by atoms with E-state index in [0.29, 0.717) is 29.8 Å². The molecule has 1 saturated carbocycles. The van der Waals surface area contributed by atoms with Crippen molar-refractivity contribution in [2.75, 3.05) is 19.7 Å². The molecule has 1 aliphatic heterocycles. The van der Waals surface area contributed by atoms with Gasteiger partial charge in [0.2, 0.25) is 0 Å². The lowest BCUT2D eigenvalue weighted by atomic mass is 10.0. The van der Waals surface area contributed by atoms with Crippen LogP contribution in [0.3, 0.4) is 0 Å². The first-order valence-corrected chi connectivity index (χ1v) is 10.3. The summed E-state index contributed by atoms with van der Waals surface area (Å²) in [6, 6.07) is 11.0. The minimum absolute atomic E-state index is 0.177. The Morgan fingerprint density at radius 2 is 1.68 bits per heavy atom. The van der Waals surface area contributed by atoms with Crippen molar-refractivity contribution in [2.45, 2.75) is 26.4 Å². The highest BCUT2D eigenvalue weighted by molar-refractivity contribution is 5.69. The molecular weight excluding hydrogens is 402 g/mol. The summed E-state index contributed by atoms with van der Waals surface area (Å²) in [6.45, 7) is 6.85. The molecule has 1 saturated heterocycles. The second kappa shape index (κ2) is 7.84. The number of fused-ring (bicyclic) bond motifs is 1. The molecule has 0 bridgehead atoms. The fourth-order valence-electron chi connectivity index (χ4n) is 4.15. The van der Waals surface area contributed by atoms with Gasteiger partial charge < -0.3 is 14.4 Å². The van der Waals surface area contributed by atoms with Gasteiger partial charge in [-0.3, -0.25) is 0 Å². The Labute approximate surface area is 180 Å². The van der Waals surface area contributed by atoms with Crippen molar-refractivity contribution in [3.8, 4) is 22.9 Å². The summed E-state index contributed by atoms with van der Waals surface area (Å²) in [5.74, 6) is -1.18. The van der Waals surface area contributed by atoms with Gasteiger partial charge in [0.05, 0.1) is 18.2 Å². The zero-order chi connectivity index (χ0) is 22.3. The Balaban J connectivity index is 1.34. The first-order valence-electron chi connectivity index (χ1n) is 10.3. The number of amides is 1. The highest BCUT2D eigenvalue weighted by atomic mass is 19.1. The van der Waals surface area contributed by atoms with Crippen molar-refractivity contribution in [2.24, 2.45) is 17.8 Å². The van der Waals surface area contributed by atoms with E-state index in [9.17, 15) is 13.6 Å². The van der Waals surface area contributed by atoms with Crippen LogP contribution in [0.25, 0.3) is 11.1 Å². The number of hydrogen-bond donors (Lipinski definition) is 0. The molecule has 3 atom stereocenters. The monoisotopic (exact) mass is 426 g/mol. The maximum Gasteiger partial charge on any atom is 0.410 e. The van der Waals surface area contributed by atoms with E-state index >= 15 is 0 Å². The molecule has 162 valence electrons. The van der Waals surface area contributed by atoms with Crippen LogP contribution in [0.5, 0.6) is 5.75 Å². The predicted molar refractivity (Wildman–Crippen MR) is 110 cm³/mol. The van der Waals surface area contributed by atoms with Crippen LogP contribution in [0.1, 0.15) is 26.3 Å². The number of halogens is 2. The topological polar surface area (TPSA) is 62.6 Å². The van der Waals surface area contributed by atoms with Crippen LogP contribution in [0, 0.1) is 40.7 Å². The molecule has 31 heavy (non-hydrogen) atoms. The van der Waals surface area contributed by atoms with Crippen LogP contribution in [-0.4, -0.2) is 36.3 Å². The van der Waals surface area contributed by atoms with Crippen molar-refractivity contribution in [3.05, 3.63) is 53.6 Å². The molecule has 2 aliphatic rings. The molecule has 0 radical (unpaired) electrons. The molecular formula is C24H24F2N2O3. The number of nitrogens with zero attached hydrogens (tertiary/aromatic N) is 2. The molecule has 1 unspecified atom stereocenters. The van der Waals surface area contributed by atoms with Gasteiger partial charge in [-0.15, -0.1) is 0 Å². The van der Waals surface area contributed by atoms with E-state index in [0.717, 1.165) is 0 Å². The number of hydrogen-bond acceptors (Lipinski definition) is 4. The third kappa shape index (κ3) is 4.48. The smallest absolute Gasteiger partial charge is 0.410 e. The van der Waals surface area contributed by atoms with Crippen LogP contribution >= 0.6 is 0 Å². The number of carbonyl (C=O) groups excluding carboxylic acids is 1. The Bertz CT molecular complexity index is 1010. The fraction of sp³-hybridized carbons (Fsp3) is 0.417. The van der Waals surface area contributed by atoms with E-state index in [1.165, 1.54) is 12.1 Å². The van der Waals surface area contributed by atoms with E-state index in [1.807, 2.05) is 26.8 Å². The van der Waals surface area contributed by atoms with Gasteiger partial charge in [0, 0.05) is 19.0 Å². The van der Waals surface area contributed by atoms with Crippen molar-refractivity contribution in [3.63, 3.8) is 0 Å². The minimum Gasteiger partial charge on any atom is -0.487 e. The molecule has 7 heteroatoms. The molecule has 4 rings (SSSR count). The highest BCUT2D eigenvalue weighted by Crippen LogP contribution is 2.52.